The lowest BCUT2D eigenvalue weighted by molar-refractivity contribution is 0.231. The zero-order valence-electron chi connectivity index (χ0n) is 5.50. The summed E-state index contributed by atoms with van der Waals surface area (Å²) >= 11 is 0. The molecule has 0 fully saturated rings. The first kappa shape index (κ1) is 6.13. The van der Waals surface area contributed by atoms with Crippen LogP contribution in [0.3, 0.4) is 0 Å². The molecule has 1 heterocycles. The van der Waals surface area contributed by atoms with Crippen molar-refractivity contribution in [3.05, 3.63) is 22.7 Å². The van der Waals surface area contributed by atoms with E-state index in [1.165, 1.54) is 17.1 Å². The SMILES string of the molecule is CC(C)n1occc1=O. The summed E-state index contributed by atoms with van der Waals surface area (Å²) in [6.07, 6.45) is 1.39. The van der Waals surface area contributed by atoms with E-state index in [1.54, 1.807) is 0 Å². The van der Waals surface area contributed by atoms with Gasteiger partial charge in [-0.15, -0.1) is 0 Å². The Hall–Kier alpha value is -0.990. The van der Waals surface area contributed by atoms with Gasteiger partial charge in [0.05, 0.1) is 6.04 Å². The van der Waals surface area contributed by atoms with Crippen molar-refractivity contribution in [1.82, 2.24) is 4.74 Å². The van der Waals surface area contributed by atoms with Crippen molar-refractivity contribution in [1.29, 1.82) is 0 Å². The third-order valence-corrected chi connectivity index (χ3v) is 1.07. The lowest BCUT2D eigenvalue weighted by atomic mass is 10.4. The van der Waals surface area contributed by atoms with E-state index in [9.17, 15) is 4.79 Å². The second-order valence-electron chi connectivity index (χ2n) is 2.17. The topological polar surface area (TPSA) is 35.1 Å². The van der Waals surface area contributed by atoms with Crippen molar-refractivity contribution in [3.8, 4) is 0 Å². The number of hydrogen-bond donors (Lipinski definition) is 0. The molecule has 0 amide bonds. The summed E-state index contributed by atoms with van der Waals surface area (Å²) in [5.74, 6) is 0. The number of rotatable bonds is 1. The van der Waals surface area contributed by atoms with E-state index in [4.69, 9.17) is 4.52 Å². The summed E-state index contributed by atoms with van der Waals surface area (Å²) in [5.41, 5.74) is -0.0787. The van der Waals surface area contributed by atoms with E-state index in [0.717, 1.165) is 0 Å². The molecule has 0 radical (unpaired) electrons. The van der Waals surface area contributed by atoms with Gasteiger partial charge in [0.2, 0.25) is 0 Å². The van der Waals surface area contributed by atoms with Gasteiger partial charge in [0.25, 0.3) is 5.56 Å². The van der Waals surface area contributed by atoms with Gasteiger partial charge < -0.3 is 4.52 Å². The first-order valence-corrected chi connectivity index (χ1v) is 2.88. The molecule has 0 saturated carbocycles. The van der Waals surface area contributed by atoms with E-state index < -0.39 is 0 Å². The van der Waals surface area contributed by atoms with Gasteiger partial charge in [0.15, 0.2) is 0 Å². The Kier molecular flexibility index (Phi) is 1.42. The highest BCUT2D eigenvalue weighted by atomic mass is 16.5. The summed E-state index contributed by atoms with van der Waals surface area (Å²) in [6, 6.07) is 1.52. The second kappa shape index (κ2) is 2.09. The van der Waals surface area contributed by atoms with Crippen molar-refractivity contribution >= 4 is 0 Å². The molecular weight excluding hydrogens is 118 g/mol. The van der Waals surface area contributed by atoms with Crippen molar-refractivity contribution in [2.24, 2.45) is 0 Å². The van der Waals surface area contributed by atoms with Gasteiger partial charge in [-0.1, -0.05) is 0 Å². The maximum atomic E-state index is 10.7. The minimum Gasteiger partial charge on any atom is -0.384 e. The average Bonchev–Trinajstić information content (AvgIpc) is 2.13. The molecule has 3 heteroatoms. The fourth-order valence-electron chi connectivity index (χ4n) is 0.656. The predicted octanol–water partition coefficient (Wildman–Crippen LogP) is 1.02. The molecule has 0 bridgehead atoms. The summed E-state index contributed by atoms with van der Waals surface area (Å²) in [7, 11) is 0. The molecule has 0 spiro atoms. The van der Waals surface area contributed by atoms with Crippen molar-refractivity contribution < 1.29 is 4.52 Å². The number of aromatic nitrogens is 1. The average molecular weight is 127 g/mol. The highest BCUT2D eigenvalue weighted by Crippen LogP contribution is 1.97. The van der Waals surface area contributed by atoms with Gasteiger partial charge in [-0.05, 0) is 13.8 Å². The third kappa shape index (κ3) is 1.04. The van der Waals surface area contributed by atoms with Crippen LogP contribution in [0.2, 0.25) is 0 Å². The maximum Gasteiger partial charge on any atom is 0.282 e. The Morgan fingerprint density at radius 2 is 2.33 bits per heavy atom. The zero-order valence-corrected chi connectivity index (χ0v) is 5.50. The molecular formula is C6H9NO2. The molecule has 0 aromatic carbocycles. The van der Waals surface area contributed by atoms with Gasteiger partial charge in [-0.2, -0.15) is 4.74 Å². The van der Waals surface area contributed by atoms with Crippen LogP contribution < -0.4 is 5.56 Å². The van der Waals surface area contributed by atoms with Crippen LogP contribution in [0.15, 0.2) is 21.6 Å². The fourth-order valence-corrected chi connectivity index (χ4v) is 0.656. The Labute approximate surface area is 52.9 Å². The molecule has 9 heavy (non-hydrogen) atoms. The molecule has 1 aromatic heterocycles. The van der Waals surface area contributed by atoms with Gasteiger partial charge in [0, 0.05) is 6.07 Å². The smallest absolute Gasteiger partial charge is 0.282 e. The van der Waals surface area contributed by atoms with Gasteiger partial charge in [-0.25, -0.2) is 0 Å². The van der Waals surface area contributed by atoms with Crippen molar-refractivity contribution in [2.75, 3.05) is 0 Å². The normalized spacial score (nSPS) is 10.6. The predicted molar refractivity (Wildman–Crippen MR) is 33.4 cm³/mol. The van der Waals surface area contributed by atoms with Gasteiger partial charge in [0.1, 0.15) is 6.26 Å². The Morgan fingerprint density at radius 3 is 2.56 bits per heavy atom. The Morgan fingerprint density at radius 1 is 1.67 bits per heavy atom. The van der Waals surface area contributed by atoms with E-state index in [-0.39, 0.29) is 11.6 Å². The third-order valence-electron chi connectivity index (χ3n) is 1.07. The molecule has 0 aliphatic heterocycles. The molecule has 1 aromatic rings. The largest absolute Gasteiger partial charge is 0.384 e. The van der Waals surface area contributed by atoms with E-state index in [0.29, 0.717) is 0 Å². The molecule has 0 saturated heterocycles. The minimum atomic E-state index is -0.0787. The molecule has 50 valence electrons. The number of hydrogen-bond acceptors (Lipinski definition) is 2. The molecule has 0 aliphatic rings. The van der Waals surface area contributed by atoms with Gasteiger partial charge >= 0.3 is 0 Å². The summed E-state index contributed by atoms with van der Waals surface area (Å²) in [6.45, 7) is 3.79. The number of nitrogens with zero attached hydrogens (tertiary/aromatic N) is 1. The second-order valence-corrected chi connectivity index (χ2v) is 2.17. The van der Waals surface area contributed by atoms with E-state index in [2.05, 4.69) is 0 Å². The lowest BCUT2D eigenvalue weighted by Gasteiger charge is -2.00. The van der Waals surface area contributed by atoms with Gasteiger partial charge in [-0.3, -0.25) is 4.79 Å². The van der Waals surface area contributed by atoms with Crippen LogP contribution in [-0.2, 0) is 0 Å². The molecule has 3 nitrogen and oxygen atoms in total. The van der Waals surface area contributed by atoms with Crippen LogP contribution in [0, 0.1) is 0 Å². The van der Waals surface area contributed by atoms with Crippen LogP contribution in [0.5, 0.6) is 0 Å². The first-order chi connectivity index (χ1) is 4.22. The zero-order chi connectivity index (χ0) is 6.85. The molecule has 0 atom stereocenters. The van der Waals surface area contributed by atoms with Crippen molar-refractivity contribution in [2.45, 2.75) is 19.9 Å². The van der Waals surface area contributed by atoms with Crippen LogP contribution in [0.4, 0.5) is 0 Å². The standard InChI is InChI=1S/C6H9NO2/c1-5(2)7-6(8)3-4-9-7/h3-5H,1-2H3. The summed E-state index contributed by atoms with van der Waals surface area (Å²) < 4.78 is 6.15. The Bertz CT molecular complexity index is 233. The highest BCUT2D eigenvalue weighted by Gasteiger charge is 2.00. The summed E-state index contributed by atoms with van der Waals surface area (Å²) in [5, 5.41) is 0. The molecule has 0 aliphatic carbocycles. The van der Waals surface area contributed by atoms with E-state index >= 15 is 0 Å². The lowest BCUT2D eigenvalue weighted by Crippen LogP contribution is -2.14. The monoisotopic (exact) mass is 127 g/mol. The quantitative estimate of drug-likeness (QED) is 0.564. The van der Waals surface area contributed by atoms with Crippen LogP contribution in [0.25, 0.3) is 0 Å². The van der Waals surface area contributed by atoms with Crippen LogP contribution in [-0.4, -0.2) is 4.74 Å². The highest BCUT2D eigenvalue weighted by molar-refractivity contribution is 4.77. The van der Waals surface area contributed by atoms with Crippen molar-refractivity contribution in [3.63, 3.8) is 0 Å². The van der Waals surface area contributed by atoms with E-state index in [1.807, 2.05) is 13.8 Å². The van der Waals surface area contributed by atoms with Crippen LogP contribution >= 0.6 is 0 Å². The Balaban J connectivity index is 3.08. The fraction of sp³-hybridized carbons (Fsp3) is 0.500. The molecule has 1 rings (SSSR count). The molecule has 0 N–H and O–H groups in total. The maximum absolute atomic E-state index is 10.7. The van der Waals surface area contributed by atoms with Crippen LogP contribution in [0.1, 0.15) is 19.9 Å². The summed E-state index contributed by atoms with van der Waals surface area (Å²) in [4.78, 5) is 10.7. The first-order valence-electron chi connectivity index (χ1n) is 2.88. The minimum absolute atomic E-state index is 0.0787. The molecule has 0 unspecified atom stereocenters.